The first-order chi connectivity index (χ1) is 10.8. The Morgan fingerprint density at radius 2 is 2.13 bits per heavy atom. The van der Waals surface area contributed by atoms with E-state index in [4.69, 9.17) is 4.74 Å². The van der Waals surface area contributed by atoms with Gasteiger partial charge in [-0.2, -0.15) is 0 Å². The van der Waals surface area contributed by atoms with Crippen molar-refractivity contribution in [3.63, 3.8) is 0 Å². The predicted molar refractivity (Wildman–Crippen MR) is 92.0 cm³/mol. The number of halogens is 1. The average molecular weight is 383 g/mol. The third kappa shape index (κ3) is 5.23. The third-order valence-electron chi connectivity index (χ3n) is 3.54. The molecular weight excluding hydrogens is 360 g/mol. The van der Waals surface area contributed by atoms with Crippen molar-refractivity contribution < 1.29 is 14.3 Å². The van der Waals surface area contributed by atoms with Crippen molar-refractivity contribution >= 4 is 27.9 Å². The maximum atomic E-state index is 12.4. The van der Waals surface area contributed by atoms with Gasteiger partial charge in [-0.25, -0.2) is 4.79 Å². The van der Waals surface area contributed by atoms with E-state index in [0.717, 1.165) is 16.5 Å². The molecule has 1 aromatic carbocycles. The van der Waals surface area contributed by atoms with Crippen molar-refractivity contribution in [1.29, 1.82) is 0 Å². The van der Waals surface area contributed by atoms with E-state index in [-0.39, 0.29) is 5.91 Å². The van der Waals surface area contributed by atoms with Crippen LogP contribution in [0.4, 0.5) is 4.79 Å². The Hall–Kier alpha value is -1.56. The molecular formula is C17H23BrN2O3. The summed E-state index contributed by atoms with van der Waals surface area (Å²) in [5.41, 5.74) is 0.450. The smallest absolute Gasteiger partial charge is 0.410 e. The summed E-state index contributed by atoms with van der Waals surface area (Å²) in [5.74, 6) is -0.131. The molecule has 1 heterocycles. The Bertz CT molecular complexity index is 583. The van der Waals surface area contributed by atoms with Crippen LogP contribution in [0, 0.1) is 0 Å². The lowest BCUT2D eigenvalue weighted by atomic mass is 10.2. The number of nitrogens with zero attached hydrogens (tertiary/aromatic N) is 1. The third-order valence-corrected chi connectivity index (χ3v) is 4.03. The standard InChI is InChI=1S/C17H23BrN2O3/c1-17(2,3)23-16(22)20-9-5-8-14(20)15(21)19-11-12-6-4-7-13(18)10-12/h4,6-7,10,14H,5,8-9,11H2,1-3H3,(H,19,21)/t14-/m1/s1. The van der Waals surface area contributed by atoms with Crippen LogP contribution in [0.3, 0.4) is 0 Å². The summed E-state index contributed by atoms with van der Waals surface area (Å²) in [5, 5.41) is 2.91. The van der Waals surface area contributed by atoms with Gasteiger partial charge in [-0.3, -0.25) is 9.69 Å². The molecule has 0 bridgehead atoms. The predicted octanol–water partition coefficient (Wildman–Crippen LogP) is 3.46. The molecule has 1 saturated heterocycles. The number of hydrogen-bond donors (Lipinski definition) is 1. The Balaban J connectivity index is 1.94. The molecule has 0 aliphatic carbocycles. The lowest BCUT2D eigenvalue weighted by Crippen LogP contribution is -2.47. The van der Waals surface area contributed by atoms with Crippen LogP contribution in [0.2, 0.25) is 0 Å². The summed E-state index contributed by atoms with van der Waals surface area (Å²) in [7, 11) is 0. The largest absolute Gasteiger partial charge is 0.444 e. The Kier molecular flexibility index (Phi) is 5.68. The molecule has 126 valence electrons. The van der Waals surface area contributed by atoms with Crippen LogP contribution < -0.4 is 5.32 Å². The molecule has 1 aromatic rings. The van der Waals surface area contributed by atoms with Crippen LogP contribution in [0.5, 0.6) is 0 Å². The van der Waals surface area contributed by atoms with E-state index < -0.39 is 17.7 Å². The second-order valence-corrected chi connectivity index (χ2v) is 7.60. The lowest BCUT2D eigenvalue weighted by Gasteiger charge is -2.28. The van der Waals surface area contributed by atoms with Gasteiger partial charge in [0.05, 0.1) is 0 Å². The second-order valence-electron chi connectivity index (χ2n) is 6.68. The van der Waals surface area contributed by atoms with Crippen LogP contribution in [-0.4, -0.2) is 35.1 Å². The van der Waals surface area contributed by atoms with E-state index in [1.807, 2.05) is 45.0 Å². The number of carbonyl (C=O) groups excluding carboxylic acids is 2. The molecule has 2 rings (SSSR count). The Labute approximate surface area is 145 Å². The highest BCUT2D eigenvalue weighted by Crippen LogP contribution is 2.21. The number of carbonyl (C=O) groups is 2. The number of likely N-dealkylation sites (tertiary alicyclic amines) is 1. The summed E-state index contributed by atoms with van der Waals surface area (Å²) < 4.78 is 6.35. The maximum Gasteiger partial charge on any atom is 0.410 e. The molecule has 1 aliphatic rings. The van der Waals surface area contributed by atoms with E-state index >= 15 is 0 Å². The topological polar surface area (TPSA) is 58.6 Å². The van der Waals surface area contributed by atoms with Gasteiger partial charge in [0, 0.05) is 17.6 Å². The number of rotatable bonds is 3. The highest BCUT2D eigenvalue weighted by atomic mass is 79.9. The van der Waals surface area contributed by atoms with Crippen molar-refractivity contribution in [2.45, 2.75) is 51.8 Å². The number of ether oxygens (including phenoxy) is 1. The van der Waals surface area contributed by atoms with E-state index in [0.29, 0.717) is 19.5 Å². The zero-order valence-corrected chi connectivity index (χ0v) is 15.4. The van der Waals surface area contributed by atoms with Crippen molar-refractivity contribution in [3.05, 3.63) is 34.3 Å². The van der Waals surface area contributed by atoms with Gasteiger partial charge < -0.3 is 10.1 Å². The van der Waals surface area contributed by atoms with Crippen molar-refractivity contribution in [2.75, 3.05) is 6.54 Å². The van der Waals surface area contributed by atoms with Gasteiger partial charge in [0.15, 0.2) is 0 Å². The quantitative estimate of drug-likeness (QED) is 0.870. The van der Waals surface area contributed by atoms with Crippen LogP contribution >= 0.6 is 15.9 Å². The molecule has 6 heteroatoms. The number of hydrogen-bond acceptors (Lipinski definition) is 3. The zero-order valence-electron chi connectivity index (χ0n) is 13.8. The summed E-state index contributed by atoms with van der Waals surface area (Å²) in [4.78, 5) is 26.2. The minimum atomic E-state index is -0.559. The van der Waals surface area contributed by atoms with Crippen LogP contribution in [0.1, 0.15) is 39.2 Å². The molecule has 0 aromatic heterocycles. The monoisotopic (exact) mass is 382 g/mol. The molecule has 0 unspecified atom stereocenters. The van der Waals surface area contributed by atoms with Crippen LogP contribution in [-0.2, 0) is 16.1 Å². The maximum absolute atomic E-state index is 12.4. The number of amides is 2. The zero-order chi connectivity index (χ0) is 17.0. The van der Waals surface area contributed by atoms with Crippen molar-refractivity contribution in [2.24, 2.45) is 0 Å². The number of benzene rings is 1. The van der Waals surface area contributed by atoms with E-state index in [1.54, 1.807) is 0 Å². The molecule has 1 atom stereocenters. The SMILES string of the molecule is CC(C)(C)OC(=O)N1CCC[C@@H]1C(=O)NCc1cccc(Br)c1. The van der Waals surface area contributed by atoms with Gasteiger partial charge in [-0.1, -0.05) is 28.1 Å². The summed E-state index contributed by atoms with van der Waals surface area (Å²) in [6.07, 6.45) is 1.07. The van der Waals surface area contributed by atoms with Crippen molar-refractivity contribution in [1.82, 2.24) is 10.2 Å². The summed E-state index contributed by atoms with van der Waals surface area (Å²) in [6, 6.07) is 7.32. The first-order valence-electron chi connectivity index (χ1n) is 7.78. The van der Waals surface area contributed by atoms with Gasteiger partial charge in [-0.15, -0.1) is 0 Å². The minimum Gasteiger partial charge on any atom is -0.444 e. The fourth-order valence-corrected chi connectivity index (χ4v) is 2.98. The van der Waals surface area contributed by atoms with E-state index in [1.165, 1.54) is 4.90 Å². The first kappa shape index (κ1) is 17.8. The molecule has 0 spiro atoms. The fraction of sp³-hybridized carbons (Fsp3) is 0.529. The van der Waals surface area contributed by atoms with Gasteiger partial charge in [0.2, 0.25) is 5.91 Å². The molecule has 0 saturated carbocycles. The average Bonchev–Trinajstić information content (AvgIpc) is 2.92. The lowest BCUT2D eigenvalue weighted by molar-refractivity contribution is -0.125. The summed E-state index contributed by atoms with van der Waals surface area (Å²) in [6.45, 7) is 6.47. The highest BCUT2D eigenvalue weighted by molar-refractivity contribution is 9.10. The summed E-state index contributed by atoms with van der Waals surface area (Å²) >= 11 is 3.41. The molecule has 2 amide bonds. The Morgan fingerprint density at radius 1 is 1.39 bits per heavy atom. The fourth-order valence-electron chi connectivity index (χ4n) is 2.53. The Morgan fingerprint density at radius 3 is 2.78 bits per heavy atom. The van der Waals surface area contributed by atoms with Gasteiger partial charge >= 0.3 is 6.09 Å². The van der Waals surface area contributed by atoms with Crippen LogP contribution in [0.25, 0.3) is 0 Å². The molecule has 1 aliphatic heterocycles. The molecule has 0 radical (unpaired) electrons. The second kappa shape index (κ2) is 7.34. The first-order valence-corrected chi connectivity index (χ1v) is 8.57. The molecule has 5 nitrogen and oxygen atoms in total. The normalized spacial score (nSPS) is 17.9. The molecule has 1 N–H and O–H groups in total. The molecule has 1 fully saturated rings. The van der Waals surface area contributed by atoms with Gasteiger partial charge in [-0.05, 0) is 51.3 Å². The van der Waals surface area contributed by atoms with Gasteiger partial charge in [0.25, 0.3) is 0 Å². The van der Waals surface area contributed by atoms with Gasteiger partial charge in [0.1, 0.15) is 11.6 Å². The minimum absolute atomic E-state index is 0.131. The van der Waals surface area contributed by atoms with Crippen LogP contribution in [0.15, 0.2) is 28.7 Å². The number of nitrogens with one attached hydrogen (secondary N) is 1. The van der Waals surface area contributed by atoms with Crippen molar-refractivity contribution in [3.8, 4) is 0 Å². The molecule has 23 heavy (non-hydrogen) atoms. The van der Waals surface area contributed by atoms with E-state index in [9.17, 15) is 9.59 Å². The van der Waals surface area contributed by atoms with E-state index in [2.05, 4.69) is 21.2 Å². The highest BCUT2D eigenvalue weighted by Gasteiger charge is 2.36.